The third-order valence-electron chi connectivity index (χ3n) is 4.59. The first-order valence-corrected chi connectivity index (χ1v) is 8.82. The second-order valence-corrected chi connectivity index (χ2v) is 7.01. The predicted octanol–water partition coefficient (Wildman–Crippen LogP) is 2.98. The van der Waals surface area contributed by atoms with Crippen molar-refractivity contribution in [3.05, 3.63) is 58.0 Å². The number of amides is 1. The highest BCUT2D eigenvalue weighted by atomic mass is 79.9. The van der Waals surface area contributed by atoms with Gasteiger partial charge in [-0.25, -0.2) is 0 Å². The van der Waals surface area contributed by atoms with Gasteiger partial charge in [0.25, 0.3) is 5.91 Å². The molecule has 24 heavy (non-hydrogen) atoms. The first-order valence-electron chi connectivity index (χ1n) is 8.02. The maximum absolute atomic E-state index is 12.4. The Morgan fingerprint density at radius 3 is 2.75 bits per heavy atom. The zero-order chi connectivity index (χ0) is 17.0. The van der Waals surface area contributed by atoms with Crippen molar-refractivity contribution in [3.8, 4) is 0 Å². The third-order valence-corrected chi connectivity index (χ3v) is 5.08. The van der Waals surface area contributed by atoms with Crippen LogP contribution >= 0.6 is 15.9 Å². The Labute approximate surface area is 149 Å². The Morgan fingerprint density at radius 2 is 2.08 bits per heavy atom. The summed E-state index contributed by atoms with van der Waals surface area (Å²) in [6.07, 6.45) is 3.21. The largest absolute Gasteiger partial charge is 0.467 e. The Bertz CT molecular complexity index is 708. The molecule has 1 fully saturated rings. The summed E-state index contributed by atoms with van der Waals surface area (Å²) in [5.41, 5.74) is 7.13. The average molecular weight is 393 g/mol. The lowest BCUT2D eigenvalue weighted by Gasteiger charge is -2.38. The van der Waals surface area contributed by atoms with Crippen LogP contribution in [0.25, 0.3) is 0 Å². The number of ether oxygens (including phenoxy) is 1. The van der Waals surface area contributed by atoms with Crippen molar-refractivity contribution >= 4 is 21.8 Å². The number of carbonyl (C=O) groups excluding carboxylic acids is 1. The molecule has 1 aliphatic heterocycles. The molecule has 0 aliphatic carbocycles. The minimum Gasteiger partial charge on any atom is -0.467 e. The van der Waals surface area contributed by atoms with Crippen LogP contribution in [0.4, 0.5) is 0 Å². The molecule has 2 heterocycles. The lowest BCUT2D eigenvalue weighted by molar-refractivity contribution is 0.0487. The minimum absolute atomic E-state index is 0.113. The molecule has 5 nitrogen and oxygen atoms in total. The van der Waals surface area contributed by atoms with Crippen molar-refractivity contribution in [2.75, 3.05) is 19.8 Å². The van der Waals surface area contributed by atoms with E-state index in [1.165, 1.54) is 11.8 Å². The van der Waals surface area contributed by atoms with Gasteiger partial charge in [0.1, 0.15) is 12.0 Å². The zero-order valence-corrected chi connectivity index (χ0v) is 15.0. The van der Waals surface area contributed by atoms with E-state index in [0.29, 0.717) is 31.1 Å². The van der Waals surface area contributed by atoms with Crippen molar-refractivity contribution in [3.63, 3.8) is 0 Å². The number of furan rings is 1. The van der Waals surface area contributed by atoms with Gasteiger partial charge in [0.15, 0.2) is 0 Å². The summed E-state index contributed by atoms with van der Waals surface area (Å²) in [6.45, 7) is 2.25. The van der Waals surface area contributed by atoms with Gasteiger partial charge in [-0.1, -0.05) is 28.1 Å². The van der Waals surface area contributed by atoms with Gasteiger partial charge in [0, 0.05) is 29.6 Å². The van der Waals surface area contributed by atoms with E-state index >= 15 is 0 Å². The predicted molar refractivity (Wildman–Crippen MR) is 94.8 cm³/mol. The second-order valence-electron chi connectivity index (χ2n) is 6.09. The fraction of sp³-hybridized carbons (Fsp3) is 0.389. The molecule has 0 bridgehead atoms. The van der Waals surface area contributed by atoms with Crippen LogP contribution in [0.15, 0.2) is 45.5 Å². The molecule has 128 valence electrons. The molecule has 1 aliphatic rings. The summed E-state index contributed by atoms with van der Waals surface area (Å²) >= 11 is 3.54. The van der Waals surface area contributed by atoms with Crippen LogP contribution in [0.1, 0.15) is 34.5 Å². The maximum atomic E-state index is 12.4. The van der Waals surface area contributed by atoms with Crippen molar-refractivity contribution in [2.45, 2.75) is 24.8 Å². The molecule has 0 unspecified atom stereocenters. The highest BCUT2D eigenvalue weighted by Crippen LogP contribution is 2.35. The molecule has 0 atom stereocenters. The molecular weight excluding hydrogens is 372 g/mol. The smallest absolute Gasteiger partial charge is 0.254 e. The van der Waals surface area contributed by atoms with E-state index in [9.17, 15) is 4.79 Å². The summed E-state index contributed by atoms with van der Waals surface area (Å²) in [4.78, 5) is 12.4. The van der Waals surface area contributed by atoms with Crippen LogP contribution < -0.4 is 11.1 Å². The zero-order valence-electron chi connectivity index (χ0n) is 13.4. The third kappa shape index (κ3) is 3.71. The normalized spacial score (nSPS) is 16.8. The molecule has 1 amide bonds. The van der Waals surface area contributed by atoms with E-state index in [4.69, 9.17) is 14.9 Å². The van der Waals surface area contributed by atoms with E-state index in [2.05, 4.69) is 33.4 Å². The van der Waals surface area contributed by atoms with Gasteiger partial charge in [-0.3, -0.25) is 4.79 Å². The number of nitrogens with one attached hydrogen (secondary N) is 1. The van der Waals surface area contributed by atoms with Crippen molar-refractivity contribution < 1.29 is 13.9 Å². The van der Waals surface area contributed by atoms with E-state index in [1.807, 2.05) is 12.1 Å². The van der Waals surface area contributed by atoms with Crippen molar-refractivity contribution in [1.82, 2.24) is 5.32 Å². The first kappa shape index (κ1) is 17.2. The lowest BCUT2D eigenvalue weighted by atomic mass is 9.74. The van der Waals surface area contributed by atoms with Gasteiger partial charge in [0.2, 0.25) is 0 Å². The van der Waals surface area contributed by atoms with E-state index < -0.39 is 0 Å². The number of benzene rings is 1. The Balaban J connectivity index is 1.76. The van der Waals surface area contributed by atoms with Gasteiger partial charge < -0.3 is 20.2 Å². The van der Waals surface area contributed by atoms with Gasteiger partial charge >= 0.3 is 0 Å². The molecule has 0 spiro atoms. The van der Waals surface area contributed by atoms with E-state index in [1.54, 1.807) is 6.07 Å². The summed E-state index contributed by atoms with van der Waals surface area (Å²) in [5.74, 6) is 0.465. The standard InChI is InChI=1S/C18H21BrN2O3/c19-15-3-1-2-14(9-15)18(4-6-23-7-5-18)12-21-17(22)13-8-16(10-20)24-11-13/h1-3,8-9,11H,4-7,10,12,20H2,(H,21,22). The fourth-order valence-corrected chi connectivity index (χ4v) is 3.51. The number of carbonyl (C=O) groups is 1. The van der Waals surface area contributed by atoms with Gasteiger partial charge in [0.05, 0.1) is 12.1 Å². The van der Waals surface area contributed by atoms with Crippen molar-refractivity contribution in [2.24, 2.45) is 5.73 Å². The Morgan fingerprint density at radius 1 is 1.29 bits per heavy atom. The molecule has 1 aromatic heterocycles. The average Bonchev–Trinajstić information content (AvgIpc) is 3.10. The highest BCUT2D eigenvalue weighted by molar-refractivity contribution is 9.10. The number of rotatable bonds is 5. The number of hydrogen-bond acceptors (Lipinski definition) is 4. The highest BCUT2D eigenvalue weighted by Gasteiger charge is 2.35. The Hall–Kier alpha value is -1.63. The maximum Gasteiger partial charge on any atom is 0.254 e. The van der Waals surface area contributed by atoms with E-state index in [-0.39, 0.29) is 17.9 Å². The number of halogens is 1. The van der Waals surface area contributed by atoms with Crippen LogP contribution in [0, 0.1) is 0 Å². The second kappa shape index (κ2) is 7.51. The molecule has 3 N–H and O–H groups in total. The molecular formula is C18H21BrN2O3. The fourth-order valence-electron chi connectivity index (χ4n) is 3.11. The van der Waals surface area contributed by atoms with Gasteiger partial charge in [-0.15, -0.1) is 0 Å². The van der Waals surface area contributed by atoms with Crippen LogP contribution in [0.3, 0.4) is 0 Å². The van der Waals surface area contributed by atoms with Gasteiger partial charge in [-0.2, -0.15) is 0 Å². The van der Waals surface area contributed by atoms with Crippen LogP contribution in [-0.2, 0) is 16.7 Å². The molecule has 1 saturated heterocycles. The summed E-state index contributed by atoms with van der Waals surface area (Å²) in [5, 5.41) is 3.05. The monoisotopic (exact) mass is 392 g/mol. The topological polar surface area (TPSA) is 77.5 Å². The lowest BCUT2D eigenvalue weighted by Crippen LogP contribution is -2.44. The van der Waals surface area contributed by atoms with Crippen molar-refractivity contribution in [1.29, 1.82) is 0 Å². The molecule has 0 saturated carbocycles. The van der Waals surface area contributed by atoms with Crippen LogP contribution in [-0.4, -0.2) is 25.7 Å². The summed E-state index contributed by atoms with van der Waals surface area (Å²) in [6, 6.07) is 9.97. The molecule has 0 radical (unpaired) electrons. The Kier molecular flexibility index (Phi) is 5.38. The minimum atomic E-state index is -0.140. The van der Waals surface area contributed by atoms with Gasteiger partial charge in [-0.05, 0) is 36.6 Å². The molecule has 2 aromatic rings. The first-order chi connectivity index (χ1) is 11.6. The molecule has 3 rings (SSSR count). The summed E-state index contributed by atoms with van der Waals surface area (Å²) < 4.78 is 11.8. The number of nitrogens with two attached hydrogens (primary N) is 1. The van der Waals surface area contributed by atoms with Crippen LogP contribution in [0.5, 0.6) is 0 Å². The summed E-state index contributed by atoms with van der Waals surface area (Å²) in [7, 11) is 0. The van der Waals surface area contributed by atoms with Crippen LogP contribution in [0.2, 0.25) is 0 Å². The quantitative estimate of drug-likeness (QED) is 0.819. The molecule has 6 heteroatoms. The SMILES string of the molecule is NCc1cc(C(=O)NCC2(c3cccc(Br)c3)CCOCC2)co1. The number of hydrogen-bond donors (Lipinski definition) is 2. The molecule has 1 aromatic carbocycles. The van der Waals surface area contributed by atoms with E-state index in [0.717, 1.165) is 17.3 Å².